The van der Waals surface area contributed by atoms with E-state index in [2.05, 4.69) is 6.92 Å². The summed E-state index contributed by atoms with van der Waals surface area (Å²) < 4.78 is 5.37. The number of ether oxygens (including phenoxy) is 1. The molecule has 0 radical (unpaired) electrons. The predicted molar refractivity (Wildman–Crippen MR) is 50.8 cm³/mol. The first kappa shape index (κ1) is 9.07. The zero-order valence-corrected chi connectivity index (χ0v) is 7.42. The monoisotopic (exact) mass is 165 g/mol. The molecule has 1 aromatic rings. The highest BCUT2D eigenvalue weighted by molar-refractivity contribution is 5.45. The summed E-state index contributed by atoms with van der Waals surface area (Å²) in [6.45, 7) is 3.52. The fraction of sp³-hybridized carbons (Fsp3) is 0.400. The van der Waals surface area contributed by atoms with Crippen molar-refractivity contribution in [2.45, 2.75) is 20.0 Å². The number of hydrogen-bond donors (Lipinski definition) is 1. The molecule has 0 bridgehead atoms. The van der Waals surface area contributed by atoms with Crippen molar-refractivity contribution in [2.75, 3.05) is 12.3 Å². The van der Waals surface area contributed by atoms with E-state index in [9.17, 15) is 0 Å². The van der Waals surface area contributed by atoms with Gasteiger partial charge in [0.05, 0.1) is 6.61 Å². The van der Waals surface area contributed by atoms with Crippen LogP contribution in [0.25, 0.3) is 0 Å². The minimum Gasteiger partial charge on any atom is -0.398 e. The van der Waals surface area contributed by atoms with Crippen molar-refractivity contribution in [1.29, 1.82) is 0 Å². The molecule has 2 nitrogen and oxygen atoms in total. The number of para-hydroxylation sites is 1. The summed E-state index contributed by atoms with van der Waals surface area (Å²) >= 11 is 0. The fourth-order valence-electron chi connectivity index (χ4n) is 0.992. The molecule has 0 aliphatic rings. The van der Waals surface area contributed by atoms with Gasteiger partial charge in [-0.2, -0.15) is 0 Å². The lowest BCUT2D eigenvalue weighted by atomic mass is 10.2. The minimum absolute atomic E-state index is 0.626. The van der Waals surface area contributed by atoms with E-state index in [1.807, 2.05) is 24.3 Å². The zero-order valence-electron chi connectivity index (χ0n) is 7.42. The van der Waals surface area contributed by atoms with Gasteiger partial charge in [-0.3, -0.25) is 0 Å². The van der Waals surface area contributed by atoms with E-state index in [4.69, 9.17) is 10.5 Å². The van der Waals surface area contributed by atoms with Crippen molar-refractivity contribution in [3.05, 3.63) is 29.8 Å². The second-order valence-electron chi connectivity index (χ2n) is 2.75. The first-order chi connectivity index (χ1) is 5.84. The molecule has 66 valence electrons. The number of anilines is 1. The smallest absolute Gasteiger partial charge is 0.0736 e. The van der Waals surface area contributed by atoms with E-state index in [-0.39, 0.29) is 0 Å². The third-order valence-corrected chi connectivity index (χ3v) is 1.66. The summed E-state index contributed by atoms with van der Waals surface area (Å²) in [6.07, 6.45) is 1.05. The van der Waals surface area contributed by atoms with Crippen molar-refractivity contribution in [1.82, 2.24) is 0 Å². The SMILES string of the molecule is CCCOCc1ccccc1N. The maximum atomic E-state index is 5.72. The highest BCUT2D eigenvalue weighted by Gasteiger charge is 1.95. The van der Waals surface area contributed by atoms with Crippen LogP contribution in [0.2, 0.25) is 0 Å². The molecule has 0 aromatic heterocycles. The third kappa shape index (κ3) is 2.55. The van der Waals surface area contributed by atoms with Crippen LogP contribution < -0.4 is 5.73 Å². The van der Waals surface area contributed by atoms with Gasteiger partial charge in [-0.25, -0.2) is 0 Å². The van der Waals surface area contributed by atoms with Gasteiger partial charge in [0.2, 0.25) is 0 Å². The predicted octanol–water partition coefficient (Wildman–Crippen LogP) is 2.20. The van der Waals surface area contributed by atoms with Gasteiger partial charge in [0.1, 0.15) is 0 Å². The molecule has 0 fully saturated rings. The van der Waals surface area contributed by atoms with Crippen LogP contribution in [-0.4, -0.2) is 6.61 Å². The summed E-state index contributed by atoms with van der Waals surface area (Å²) in [5.41, 5.74) is 7.61. The number of hydrogen-bond acceptors (Lipinski definition) is 2. The fourth-order valence-corrected chi connectivity index (χ4v) is 0.992. The molecule has 0 heterocycles. The second kappa shape index (κ2) is 4.78. The minimum atomic E-state index is 0.626. The molecule has 1 aromatic carbocycles. The van der Waals surface area contributed by atoms with E-state index in [1.165, 1.54) is 0 Å². The lowest BCUT2D eigenvalue weighted by Crippen LogP contribution is -1.98. The van der Waals surface area contributed by atoms with Gasteiger partial charge in [0.25, 0.3) is 0 Å². The van der Waals surface area contributed by atoms with Gasteiger partial charge in [-0.1, -0.05) is 25.1 Å². The van der Waals surface area contributed by atoms with E-state index in [1.54, 1.807) is 0 Å². The summed E-state index contributed by atoms with van der Waals surface area (Å²) in [7, 11) is 0. The molecule has 0 saturated carbocycles. The Balaban J connectivity index is 2.46. The van der Waals surface area contributed by atoms with Gasteiger partial charge in [-0.15, -0.1) is 0 Å². The summed E-state index contributed by atoms with van der Waals surface area (Å²) in [5.74, 6) is 0. The Kier molecular flexibility index (Phi) is 3.61. The first-order valence-corrected chi connectivity index (χ1v) is 4.25. The van der Waals surface area contributed by atoms with Crippen molar-refractivity contribution >= 4 is 5.69 Å². The van der Waals surface area contributed by atoms with Crippen molar-refractivity contribution in [3.63, 3.8) is 0 Å². The van der Waals surface area contributed by atoms with Crippen LogP contribution >= 0.6 is 0 Å². The normalized spacial score (nSPS) is 10.1. The molecular formula is C10H15NO. The number of rotatable bonds is 4. The average molecular weight is 165 g/mol. The molecule has 0 aliphatic carbocycles. The lowest BCUT2D eigenvalue weighted by molar-refractivity contribution is 0.122. The van der Waals surface area contributed by atoms with Crippen LogP contribution in [0.15, 0.2) is 24.3 Å². The third-order valence-electron chi connectivity index (χ3n) is 1.66. The highest BCUT2D eigenvalue weighted by Crippen LogP contribution is 2.11. The van der Waals surface area contributed by atoms with E-state index >= 15 is 0 Å². The molecule has 12 heavy (non-hydrogen) atoms. The second-order valence-corrected chi connectivity index (χ2v) is 2.75. The summed E-state index contributed by atoms with van der Waals surface area (Å²) in [6, 6.07) is 7.79. The topological polar surface area (TPSA) is 35.2 Å². The maximum Gasteiger partial charge on any atom is 0.0736 e. The van der Waals surface area contributed by atoms with Crippen LogP contribution in [0.3, 0.4) is 0 Å². The average Bonchev–Trinajstić information content (AvgIpc) is 2.09. The Morgan fingerprint density at radius 3 is 2.75 bits per heavy atom. The zero-order chi connectivity index (χ0) is 8.81. The molecule has 2 N–H and O–H groups in total. The quantitative estimate of drug-likeness (QED) is 0.548. The van der Waals surface area contributed by atoms with E-state index in [0.29, 0.717) is 6.61 Å². The van der Waals surface area contributed by atoms with Crippen molar-refractivity contribution < 1.29 is 4.74 Å². The van der Waals surface area contributed by atoms with Crippen LogP contribution in [0.4, 0.5) is 5.69 Å². The maximum absolute atomic E-state index is 5.72. The Hall–Kier alpha value is -1.02. The molecule has 0 spiro atoms. The van der Waals surface area contributed by atoms with E-state index in [0.717, 1.165) is 24.3 Å². The molecule has 0 aliphatic heterocycles. The lowest BCUT2D eigenvalue weighted by Gasteiger charge is -2.04. The van der Waals surface area contributed by atoms with Gasteiger partial charge in [0, 0.05) is 17.9 Å². The van der Waals surface area contributed by atoms with Gasteiger partial charge in [0.15, 0.2) is 0 Å². The number of benzene rings is 1. The van der Waals surface area contributed by atoms with E-state index < -0.39 is 0 Å². The first-order valence-electron chi connectivity index (χ1n) is 4.25. The van der Waals surface area contributed by atoms with Crippen LogP contribution in [0, 0.1) is 0 Å². The number of nitrogen functional groups attached to an aromatic ring is 1. The standard InChI is InChI=1S/C10H15NO/c1-2-7-12-8-9-5-3-4-6-10(9)11/h3-6H,2,7-8,11H2,1H3. The highest BCUT2D eigenvalue weighted by atomic mass is 16.5. The Labute approximate surface area is 73.3 Å². The van der Waals surface area contributed by atoms with Crippen LogP contribution in [0.1, 0.15) is 18.9 Å². The molecule has 0 unspecified atom stereocenters. The molecule has 0 amide bonds. The van der Waals surface area contributed by atoms with Crippen molar-refractivity contribution in [2.24, 2.45) is 0 Å². The van der Waals surface area contributed by atoms with Crippen LogP contribution in [0.5, 0.6) is 0 Å². The molecule has 2 heteroatoms. The largest absolute Gasteiger partial charge is 0.398 e. The van der Waals surface area contributed by atoms with Gasteiger partial charge >= 0.3 is 0 Å². The van der Waals surface area contributed by atoms with Crippen LogP contribution in [-0.2, 0) is 11.3 Å². The Morgan fingerprint density at radius 1 is 1.33 bits per heavy atom. The summed E-state index contributed by atoms with van der Waals surface area (Å²) in [4.78, 5) is 0. The molecule has 0 saturated heterocycles. The van der Waals surface area contributed by atoms with Gasteiger partial charge < -0.3 is 10.5 Å². The molecule has 1 rings (SSSR count). The number of nitrogens with two attached hydrogens (primary N) is 1. The Morgan fingerprint density at radius 2 is 2.08 bits per heavy atom. The van der Waals surface area contributed by atoms with Crippen molar-refractivity contribution in [3.8, 4) is 0 Å². The summed E-state index contributed by atoms with van der Waals surface area (Å²) in [5, 5.41) is 0. The molecule has 0 atom stereocenters. The molecular weight excluding hydrogens is 150 g/mol. The van der Waals surface area contributed by atoms with Gasteiger partial charge in [-0.05, 0) is 12.5 Å². The Bertz CT molecular complexity index is 235.